The van der Waals surface area contributed by atoms with Gasteiger partial charge >= 0.3 is 0 Å². The SMILES string of the molecule is CCC1(NCC(C)N)CCC1. The third kappa shape index (κ3) is 2.17. The molecule has 1 atom stereocenters. The zero-order chi connectivity index (χ0) is 8.32. The van der Waals surface area contributed by atoms with Crippen molar-refractivity contribution in [3.8, 4) is 0 Å². The molecular formula is C9H20N2. The summed E-state index contributed by atoms with van der Waals surface area (Å²) in [5, 5.41) is 3.56. The van der Waals surface area contributed by atoms with E-state index < -0.39 is 0 Å². The largest absolute Gasteiger partial charge is 0.327 e. The molecular weight excluding hydrogens is 136 g/mol. The molecule has 0 heterocycles. The fourth-order valence-corrected chi connectivity index (χ4v) is 1.64. The minimum absolute atomic E-state index is 0.291. The molecule has 0 aromatic carbocycles. The van der Waals surface area contributed by atoms with Crippen LogP contribution in [0.25, 0.3) is 0 Å². The van der Waals surface area contributed by atoms with Gasteiger partial charge in [-0.2, -0.15) is 0 Å². The van der Waals surface area contributed by atoms with E-state index in [0.29, 0.717) is 11.6 Å². The predicted octanol–water partition coefficient (Wildman–Crippen LogP) is 1.26. The van der Waals surface area contributed by atoms with Crippen LogP contribution in [-0.4, -0.2) is 18.1 Å². The maximum Gasteiger partial charge on any atom is 0.0179 e. The quantitative estimate of drug-likeness (QED) is 0.643. The number of nitrogens with two attached hydrogens (primary N) is 1. The van der Waals surface area contributed by atoms with E-state index in [-0.39, 0.29) is 0 Å². The molecule has 66 valence electrons. The zero-order valence-electron chi connectivity index (χ0n) is 7.69. The monoisotopic (exact) mass is 156 g/mol. The van der Waals surface area contributed by atoms with Crippen molar-refractivity contribution >= 4 is 0 Å². The molecule has 0 bridgehead atoms. The first-order valence-electron chi connectivity index (χ1n) is 4.69. The van der Waals surface area contributed by atoms with Gasteiger partial charge in [0.25, 0.3) is 0 Å². The third-order valence-corrected chi connectivity index (χ3v) is 2.79. The summed E-state index contributed by atoms with van der Waals surface area (Å²) < 4.78 is 0. The molecule has 2 heteroatoms. The van der Waals surface area contributed by atoms with Crippen molar-refractivity contribution in [2.24, 2.45) is 5.73 Å². The van der Waals surface area contributed by atoms with E-state index in [2.05, 4.69) is 19.2 Å². The van der Waals surface area contributed by atoms with Crippen LogP contribution in [0, 0.1) is 0 Å². The van der Waals surface area contributed by atoms with Crippen LogP contribution in [0.5, 0.6) is 0 Å². The van der Waals surface area contributed by atoms with Gasteiger partial charge in [0, 0.05) is 18.1 Å². The Hall–Kier alpha value is -0.0800. The van der Waals surface area contributed by atoms with E-state index in [4.69, 9.17) is 5.73 Å². The first kappa shape index (κ1) is 9.01. The van der Waals surface area contributed by atoms with Gasteiger partial charge in [-0.1, -0.05) is 6.92 Å². The smallest absolute Gasteiger partial charge is 0.0179 e. The molecule has 0 aromatic heterocycles. The number of rotatable bonds is 4. The van der Waals surface area contributed by atoms with Gasteiger partial charge in [0.2, 0.25) is 0 Å². The van der Waals surface area contributed by atoms with Gasteiger partial charge in [0.05, 0.1) is 0 Å². The fourth-order valence-electron chi connectivity index (χ4n) is 1.64. The summed E-state index contributed by atoms with van der Waals surface area (Å²) in [6.45, 7) is 5.27. The highest BCUT2D eigenvalue weighted by atomic mass is 15.0. The molecule has 1 rings (SSSR count). The lowest BCUT2D eigenvalue weighted by Crippen LogP contribution is -2.53. The molecule has 0 aromatic rings. The van der Waals surface area contributed by atoms with Crippen LogP contribution in [0.15, 0.2) is 0 Å². The Morgan fingerprint density at radius 2 is 2.18 bits per heavy atom. The molecule has 1 saturated carbocycles. The lowest BCUT2D eigenvalue weighted by Gasteiger charge is -2.42. The number of hydrogen-bond donors (Lipinski definition) is 2. The number of hydrogen-bond acceptors (Lipinski definition) is 2. The van der Waals surface area contributed by atoms with Crippen LogP contribution in [-0.2, 0) is 0 Å². The van der Waals surface area contributed by atoms with E-state index in [0.717, 1.165) is 6.54 Å². The summed E-state index contributed by atoms with van der Waals surface area (Å²) in [5.74, 6) is 0. The standard InChI is InChI=1S/C9H20N2/c1-3-9(5-4-6-9)11-7-8(2)10/h8,11H,3-7,10H2,1-2H3. The van der Waals surface area contributed by atoms with Crippen molar-refractivity contribution < 1.29 is 0 Å². The average molecular weight is 156 g/mol. The summed E-state index contributed by atoms with van der Waals surface area (Å²) >= 11 is 0. The summed E-state index contributed by atoms with van der Waals surface area (Å²) in [7, 11) is 0. The van der Waals surface area contributed by atoms with Crippen LogP contribution < -0.4 is 11.1 Å². The van der Waals surface area contributed by atoms with Crippen LogP contribution >= 0.6 is 0 Å². The van der Waals surface area contributed by atoms with E-state index in [1.54, 1.807) is 0 Å². The highest BCUT2D eigenvalue weighted by Gasteiger charge is 2.34. The lowest BCUT2D eigenvalue weighted by molar-refractivity contribution is 0.175. The molecule has 2 nitrogen and oxygen atoms in total. The first-order valence-corrected chi connectivity index (χ1v) is 4.69. The Morgan fingerprint density at radius 3 is 2.45 bits per heavy atom. The van der Waals surface area contributed by atoms with Crippen molar-refractivity contribution in [2.45, 2.75) is 51.1 Å². The second-order valence-corrected chi connectivity index (χ2v) is 3.85. The molecule has 0 saturated heterocycles. The lowest BCUT2D eigenvalue weighted by atomic mass is 9.75. The van der Waals surface area contributed by atoms with Gasteiger partial charge in [-0.15, -0.1) is 0 Å². The van der Waals surface area contributed by atoms with Crippen LogP contribution in [0.4, 0.5) is 0 Å². The van der Waals surface area contributed by atoms with Crippen molar-refractivity contribution in [3.05, 3.63) is 0 Å². The summed E-state index contributed by atoms with van der Waals surface area (Å²) in [6.07, 6.45) is 5.33. The fraction of sp³-hybridized carbons (Fsp3) is 1.00. The normalized spacial score (nSPS) is 24.3. The second kappa shape index (κ2) is 3.55. The molecule has 0 aliphatic heterocycles. The van der Waals surface area contributed by atoms with Crippen LogP contribution in [0.2, 0.25) is 0 Å². The van der Waals surface area contributed by atoms with Gasteiger partial charge < -0.3 is 11.1 Å². The van der Waals surface area contributed by atoms with Crippen molar-refractivity contribution in [1.29, 1.82) is 0 Å². The Balaban J connectivity index is 2.22. The predicted molar refractivity (Wildman–Crippen MR) is 48.5 cm³/mol. The van der Waals surface area contributed by atoms with Crippen molar-refractivity contribution in [3.63, 3.8) is 0 Å². The van der Waals surface area contributed by atoms with E-state index >= 15 is 0 Å². The van der Waals surface area contributed by atoms with Gasteiger partial charge in [-0.25, -0.2) is 0 Å². The topological polar surface area (TPSA) is 38.0 Å². The highest BCUT2D eigenvalue weighted by Crippen LogP contribution is 2.34. The molecule has 0 spiro atoms. The van der Waals surface area contributed by atoms with Gasteiger partial charge in [-0.05, 0) is 32.6 Å². The summed E-state index contributed by atoms with van der Waals surface area (Å²) in [5.41, 5.74) is 6.14. The Labute approximate surface area is 69.5 Å². The maximum atomic E-state index is 5.67. The minimum Gasteiger partial charge on any atom is -0.327 e. The average Bonchev–Trinajstić information content (AvgIpc) is 1.86. The molecule has 1 aliphatic carbocycles. The van der Waals surface area contributed by atoms with Crippen molar-refractivity contribution in [2.75, 3.05) is 6.54 Å². The van der Waals surface area contributed by atoms with Crippen LogP contribution in [0.1, 0.15) is 39.5 Å². The molecule has 3 N–H and O–H groups in total. The summed E-state index contributed by atoms with van der Waals surface area (Å²) in [6, 6.07) is 0.291. The second-order valence-electron chi connectivity index (χ2n) is 3.85. The zero-order valence-corrected chi connectivity index (χ0v) is 7.69. The Bertz CT molecular complexity index is 111. The Kier molecular flexibility index (Phi) is 2.90. The van der Waals surface area contributed by atoms with Crippen molar-refractivity contribution in [1.82, 2.24) is 5.32 Å². The van der Waals surface area contributed by atoms with E-state index in [1.807, 2.05) is 0 Å². The first-order chi connectivity index (χ1) is 5.18. The summed E-state index contributed by atoms with van der Waals surface area (Å²) in [4.78, 5) is 0. The molecule has 1 fully saturated rings. The highest BCUT2D eigenvalue weighted by molar-refractivity contribution is 4.94. The van der Waals surface area contributed by atoms with Gasteiger partial charge in [-0.3, -0.25) is 0 Å². The molecule has 0 amide bonds. The van der Waals surface area contributed by atoms with Gasteiger partial charge in [0.15, 0.2) is 0 Å². The van der Waals surface area contributed by atoms with E-state index in [9.17, 15) is 0 Å². The Morgan fingerprint density at radius 1 is 1.55 bits per heavy atom. The third-order valence-electron chi connectivity index (χ3n) is 2.79. The molecule has 11 heavy (non-hydrogen) atoms. The number of nitrogens with one attached hydrogen (secondary N) is 1. The van der Waals surface area contributed by atoms with E-state index in [1.165, 1.54) is 25.7 Å². The molecule has 0 radical (unpaired) electrons. The minimum atomic E-state index is 0.291. The van der Waals surface area contributed by atoms with Crippen LogP contribution in [0.3, 0.4) is 0 Å². The molecule has 1 unspecified atom stereocenters. The maximum absolute atomic E-state index is 5.67. The molecule has 1 aliphatic rings. The van der Waals surface area contributed by atoms with Gasteiger partial charge in [0.1, 0.15) is 0 Å².